The van der Waals surface area contributed by atoms with Crippen molar-refractivity contribution >= 4 is 46.9 Å². The van der Waals surface area contributed by atoms with Crippen LogP contribution in [0.4, 0.5) is 5.69 Å². The van der Waals surface area contributed by atoms with Gasteiger partial charge in [0.05, 0.1) is 0 Å². The molecule has 1 fully saturated rings. The van der Waals surface area contributed by atoms with Crippen LogP contribution in [0.3, 0.4) is 0 Å². The molecule has 1 aromatic rings. The Kier molecular flexibility index (Phi) is 9.55. The molecule has 0 bridgehead atoms. The first kappa shape index (κ1) is 26.0. The van der Waals surface area contributed by atoms with Crippen LogP contribution >= 0.6 is 12.2 Å². The highest BCUT2D eigenvalue weighted by Crippen LogP contribution is 2.28. The van der Waals surface area contributed by atoms with E-state index in [0.29, 0.717) is 5.69 Å². The minimum atomic E-state index is -1.28. The van der Waals surface area contributed by atoms with E-state index in [-0.39, 0.29) is 11.7 Å². The predicted octanol–water partition coefficient (Wildman–Crippen LogP) is 1.06. The van der Waals surface area contributed by atoms with Crippen LogP contribution in [-0.2, 0) is 42.9 Å². The summed E-state index contributed by atoms with van der Waals surface area (Å²) in [4.78, 5) is 46.7. The summed E-state index contributed by atoms with van der Waals surface area (Å²) in [5, 5.41) is 5.93. The largest absolute Gasteiger partial charge is 0.463 e. The number of hydrogen-bond acceptors (Lipinski definition) is 10. The Morgan fingerprint density at radius 1 is 0.848 bits per heavy atom. The normalized spacial score (nSPS) is 24.1. The molecule has 180 valence electrons. The van der Waals surface area contributed by atoms with Gasteiger partial charge in [0.2, 0.25) is 0 Å². The van der Waals surface area contributed by atoms with Crippen molar-refractivity contribution in [3.8, 4) is 0 Å². The summed E-state index contributed by atoms with van der Waals surface area (Å²) in [5.41, 5.74) is 0.681. The van der Waals surface area contributed by atoms with E-state index in [1.807, 2.05) is 6.07 Å². The second-order valence-electron chi connectivity index (χ2n) is 7.08. The molecule has 0 spiro atoms. The smallest absolute Gasteiger partial charge is 0.303 e. The molecule has 2 unspecified atom stereocenters. The molecule has 33 heavy (non-hydrogen) atoms. The van der Waals surface area contributed by atoms with Crippen LogP contribution in [0.1, 0.15) is 27.7 Å². The van der Waals surface area contributed by atoms with Gasteiger partial charge in [-0.15, -0.1) is 0 Å². The van der Waals surface area contributed by atoms with Crippen molar-refractivity contribution in [3.63, 3.8) is 0 Å². The Morgan fingerprint density at radius 3 is 1.94 bits per heavy atom. The van der Waals surface area contributed by atoms with Crippen molar-refractivity contribution in [3.05, 3.63) is 30.3 Å². The second-order valence-corrected chi connectivity index (χ2v) is 7.49. The second kappa shape index (κ2) is 12.1. The Morgan fingerprint density at radius 2 is 1.39 bits per heavy atom. The van der Waals surface area contributed by atoms with Gasteiger partial charge >= 0.3 is 23.9 Å². The number of carbonyl (C=O) groups excluding carboxylic acids is 4. The molecule has 2 N–H and O–H groups in total. The number of thiocarbonyl (C=S) groups is 1. The molecular weight excluding hydrogens is 456 g/mol. The molecule has 1 heterocycles. The minimum Gasteiger partial charge on any atom is -0.463 e. The average molecular weight is 483 g/mol. The van der Waals surface area contributed by atoms with Gasteiger partial charge < -0.3 is 34.3 Å². The van der Waals surface area contributed by atoms with Crippen LogP contribution in [0.5, 0.6) is 0 Å². The molecule has 0 saturated carbocycles. The molecular formula is C21H26N2O9S. The topological polar surface area (TPSA) is 138 Å². The third-order valence-electron chi connectivity index (χ3n) is 4.30. The van der Waals surface area contributed by atoms with E-state index in [9.17, 15) is 19.2 Å². The molecule has 2 rings (SSSR count). The summed E-state index contributed by atoms with van der Waals surface area (Å²) >= 11 is 5.33. The molecule has 12 heteroatoms. The van der Waals surface area contributed by atoms with E-state index in [1.165, 1.54) is 6.92 Å². The quantitative estimate of drug-likeness (QED) is 0.326. The maximum atomic E-state index is 11.8. The summed E-state index contributed by atoms with van der Waals surface area (Å²) < 4.78 is 27.0. The molecule has 0 aliphatic carbocycles. The summed E-state index contributed by atoms with van der Waals surface area (Å²) in [7, 11) is 0. The molecule has 0 radical (unpaired) electrons. The summed E-state index contributed by atoms with van der Waals surface area (Å²) in [5.74, 6) is -2.72. The van der Waals surface area contributed by atoms with Gasteiger partial charge in [0.1, 0.15) is 12.7 Å². The maximum absolute atomic E-state index is 11.8. The number of ether oxygens (including phenoxy) is 5. The lowest BCUT2D eigenvalue weighted by molar-refractivity contribution is -0.254. The van der Waals surface area contributed by atoms with Gasteiger partial charge in [0.15, 0.2) is 29.7 Å². The minimum absolute atomic E-state index is 0.113. The molecule has 0 amide bonds. The van der Waals surface area contributed by atoms with Crippen LogP contribution < -0.4 is 10.6 Å². The molecule has 0 aromatic heterocycles. The molecule has 1 aromatic carbocycles. The fraction of sp³-hybridized carbons (Fsp3) is 0.476. The number of esters is 4. The first-order chi connectivity index (χ1) is 15.6. The summed E-state index contributed by atoms with van der Waals surface area (Å²) in [6.07, 6.45) is -5.97. The van der Waals surface area contributed by atoms with Gasteiger partial charge in [0, 0.05) is 33.4 Å². The highest BCUT2D eigenvalue weighted by molar-refractivity contribution is 7.80. The number of rotatable bonds is 7. The van der Waals surface area contributed by atoms with Gasteiger partial charge in [-0.3, -0.25) is 19.2 Å². The Balaban J connectivity index is 2.35. The van der Waals surface area contributed by atoms with Gasteiger partial charge in [-0.2, -0.15) is 0 Å². The van der Waals surface area contributed by atoms with Crippen LogP contribution in [0.15, 0.2) is 30.3 Å². The van der Waals surface area contributed by atoms with Crippen molar-refractivity contribution in [2.75, 3.05) is 11.9 Å². The third kappa shape index (κ3) is 8.31. The molecule has 11 nitrogen and oxygen atoms in total. The van der Waals surface area contributed by atoms with Crippen LogP contribution in [-0.4, -0.2) is 66.2 Å². The third-order valence-corrected chi connectivity index (χ3v) is 4.52. The molecule has 5 atom stereocenters. The Hall–Kier alpha value is -3.25. The monoisotopic (exact) mass is 482 g/mol. The zero-order valence-corrected chi connectivity index (χ0v) is 19.4. The maximum Gasteiger partial charge on any atom is 0.303 e. The highest BCUT2D eigenvalue weighted by atomic mass is 32.1. The Bertz CT molecular complexity index is 880. The van der Waals surface area contributed by atoms with E-state index in [1.54, 1.807) is 24.3 Å². The SMILES string of the molecule is CC(=O)OCC1O[C@@H](NC(=S)Nc2ccccc2)C(OC(C)=O)[C@H](OC(C)=O)[C@@H]1OC(C)=O. The van der Waals surface area contributed by atoms with E-state index in [2.05, 4.69) is 10.6 Å². The fourth-order valence-electron chi connectivity index (χ4n) is 3.16. The number of carbonyl (C=O) groups is 4. The van der Waals surface area contributed by atoms with Crippen molar-refractivity contribution in [1.82, 2.24) is 5.32 Å². The standard InChI is InChI=1S/C21H26N2O9S/c1-11(24)28-10-16-17(29-12(2)25)18(30-13(3)26)19(31-14(4)27)20(32-16)23-21(33)22-15-8-6-5-7-9-15/h5-9,16-20H,10H2,1-4H3,(H2,22,23,33)/t16?,17-,18-,19?,20-/m1/s1. The number of nitrogens with one attached hydrogen (secondary N) is 2. The molecule has 1 aliphatic rings. The summed E-state index contributed by atoms with van der Waals surface area (Å²) in [6, 6.07) is 9.00. The first-order valence-corrected chi connectivity index (χ1v) is 10.4. The molecule has 1 saturated heterocycles. The van der Waals surface area contributed by atoms with Crippen molar-refractivity contribution in [2.24, 2.45) is 0 Å². The summed E-state index contributed by atoms with van der Waals surface area (Å²) in [6.45, 7) is 4.33. The first-order valence-electron chi connectivity index (χ1n) is 10.00. The zero-order chi connectivity index (χ0) is 24.5. The van der Waals surface area contributed by atoms with Crippen molar-refractivity contribution in [2.45, 2.75) is 58.3 Å². The van der Waals surface area contributed by atoms with Crippen LogP contribution in [0.2, 0.25) is 0 Å². The zero-order valence-electron chi connectivity index (χ0n) is 18.6. The number of benzene rings is 1. The molecule has 1 aliphatic heterocycles. The van der Waals surface area contributed by atoms with E-state index in [0.717, 1.165) is 20.8 Å². The van der Waals surface area contributed by atoms with Gasteiger partial charge in [0.25, 0.3) is 0 Å². The lowest BCUT2D eigenvalue weighted by Gasteiger charge is -2.44. The van der Waals surface area contributed by atoms with E-state index in [4.69, 9.17) is 35.9 Å². The number of para-hydroxylation sites is 1. The van der Waals surface area contributed by atoms with Crippen molar-refractivity contribution in [1.29, 1.82) is 0 Å². The van der Waals surface area contributed by atoms with E-state index >= 15 is 0 Å². The van der Waals surface area contributed by atoms with Gasteiger partial charge in [-0.25, -0.2) is 0 Å². The average Bonchev–Trinajstić information content (AvgIpc) is 2.70. The lowest BCUT2D eigenvalue weighted by Crippen LogP contribution is -2.66. The van der Waals surface area contributed by atoms with E-state index < -0.39 is 54.5 Å². The van der Waals surface area contributed by atoms with Gasteiger partial charge in [-0.05, 0) is 24.4 Å². The van der Waals surface area contributed by atoms with Crippen LogP contribution in [0, 0.1) is 0 Å². The Labute approximate surface area is 196 Å². The highest BCUT2D eigenvalue weighted by Gasteiger charge is 2.52. The lowest BCUT2D eigenvalue weighted by atomic mass is 9.97. The van der Waals surface area contributed by atoms with Crippen LogP contribution in [0.25, 0.3) is 0 Å². The van der Waals surface area contributed by atoms with Crippen molar-refractivity contribution < 1.29 is 42.9 Å². The number of hydrogen-bond donors (Lipinski definition) is 2. The number of anilines is 1. The fourth-order valence-corrected chi connectivity index (χ4v) is 3.40. The predicted molar refractivity (Wildman–Crippen MR) is 118 cm³/mol. The van der Waals surface area contributed by atoms with Gasteiger partial charge in [-0.1, -0.05) is 18.2 Å².